The smallest absolute Gasteiger partial charge is 0.350 e. The zero-order chi connectivity index (χ0) is 18.0. The molecule has 0 bridgehead atoms. The molecule has 9 heteroatoms. The summed E-state index contributed by atoms with van der Waals surface area (Å²) in [4.78, 5) is 36.7. The Morgan fingerprint density at radius 2 is 1.76 bits per heavy atom. The number of hydrogen-bond donors (Lipinski definition) is 0. The van der Waals surface area contributed by atoms with E-state index in [1.807, 2.05) is 0 Å². The summed E-state index contributed by atoms with van der Waals surface area (Å²) in [6, 6.07) is 11.1. The van der Waals surface area contributed by atoms with Crippen LogP contribution in [0.25, 0.3) is 10.9 Å². The van der Waals surface area contributed by atoms with Crippen molar-refractivity contribution in [2.75, 3.05) is 0 Å². The van der Waals surface area contributed by atoms with Crippen molar-refractivity contribution in [2.45, 2.75) is 0 Å². The number of ether oxygens (including phenoxy) is 1. The first-order valence-electron chi connectivity index (χ1n) is 6.96. The van der Waals surface area contributed by atoms with Crippen LogP contribution in [0.3, 0.4) is 0 Å². The summed E-state index contributed by atoms with van der Waals surface area (Å²) < 4.78 is 5.23. The summed E-state index contributed by atoms with van der Waals surface area (Å²) in [5.74, 6) is -0.865. The molecule has 1 heterocycles. The molecule has 0 aliphatic rings. The van der Waals surface area contributed by atoms with Crippen LogP contribution in [0, 0.1) is 20.2 Å². The molecule has 0 N–H and O–H groups in total. The van der Waals surface area contributed by atoms with Gasteiger partial charge in [-0.15, -0.1) is 0 Å². The molecule has 1 aromatic heterocycles. The van der Waals surface area contributed by atoms with Crippen LogP contribution in [0.5, 0.6) is 5.75 Å². The summed E-state index contributed by atoms with van der Waals surface area (Å²) in [5, 5.41) is 22.6. The molecule has 0 radical (unpaired) electrons. The van der Waals surface area contributed by atoms with Crippen molar-refractivity contribution >= 4 is 28.2 Å². The number of aromatic nitrogens is 1. The molecule has 124 valence electrons. The SMILES string of the molecule is O=C(Oc1cccc2cccnc12)c1ccc([N+](=O)[O-])cc1[N+](=O)[O-]. The number of fused-ring (bicyclic) bond motifs is 1. The van der Waals surface area contributed by atoms with Gasteiger partial charge in [-0.25, -0.2) is 4.79 Å². The molecule has 0 amide bonds. The number of carbonyl (C=O) groups excluding carboxylic acids is 1. The van der Waals surface area contributed by atoms with E-state index < -0.39 is 27.2 Å². The number of pyridine rings is 1. The quantitative estimate of drug-likeness (QED) is 0.309. The number of non-ortho nitro benzene ring substituents is 1. The van der Waals surface area contributed by atoms with Crippen LogP contribution >= 0.6 is 0 Å². The van der Waals surface area contributed by atoms with Gasteiger partial charge in [-0.3, -0.25) is 25.2 Å². The summed E-state index contributed by atoms with van der Waals surface area (Å²) in [6.07, 6.45) is 1.52. The minimum absolute atomic E-state index is 0.135. The molecule has 0 spiro atoms. The molecule has 3 rings (SSSR count). The minimum atomic E-state index is -1.00. The molecule has 0 aliphatic heterocycles. The highest BCUT2D eigenvalue weighted by Crippen LogP contribution is 2.28. The van der Waals surface area contributed by atoms with Gasteiger partial charge < -0.3 is 4.74 Å². The van der Waals surface area contributed by atoms with Crippen molar-refractivity contribution in [3.8, 4) is 5.75 Å². The molecular formula is C16H9N3O6. The topological polar surface area (TPSA) is 125 Å². The lowest BCUT2D eigenvalue weighted by atomic mass is 10.1. The molecule has 0 atom stereocenters. The third kappa shape index (κ3) is 3.11. The summed E-state index contributed by atoms with van der Waals surface area (Å²) >= 11 is 0. The van der Waals surface area contributed by atoms with Crippen LogP contribution in [-0.4, -0.2) is 20.8 Å². The number of nitrogens with zero attached hydrogens (tertiary/aromatic N) is 3. The Morgan fingerprint density at radius 1 is 1.00 bits per heavy atom. The van der Waals surface area contributed by atoms with Gasteiger partial charge in [0, 0.05) is 17.6 Å². The highest BCUT2D eigenvalue weighted by Gasteiger charge is 2.26. The van der Waals surface area contributed by atoms with Gasteiger partial charge in [-0.2, -0.15) is 0 Å². The number of benzene rings is 2. The Bertz CT molecular complexity index is 1010. The lowest BCUT2D eigenvalue weighted by molar-refractivity contribution is -0.394. The zero-order valence-electron chi connectivity index (χ0n) is 12.5. The van der Waals surface area contributed by atoms with Gasteiger partial charge in [-0.1, -0.05) is 18.2 Å². The van der Waals surface area contributed by atoms with Gasteiger partial charge >= 0.3 is 5.97 Å². The first kappa shape index (κ1) is 16.0. The fraction of sp³-hybridized carbons (Fsp3) is 0. The number of nitro benzene ring substituents is 2. The Hall–Kier alpha value is -3.88. The molecule has 2 aromatic carbocycles. The zero-order valence-corrected chi connectivity index (χ0v) is 12.5. The summed E-state index contributed by atoms with van der Waals surface area (Å²) in [5.41, 5.74) is -1.16. The number of nitro groups is 2. The second-order valence-electron chi connectivity index (χ2n) is 4.94. The lowest BCUT2D eigenvalue weighted by Crippen LogP contribution is -2.12. The van der Waals surface area contributed by atoms with Gasteiger partial charge in [0.2, 0.25) is 0 Å². The van der Waals surface area contributed by atoms with E-state index in [2.05, 4.69) is 4.98 Å². The molecule has 9 nitrogen and oxygen atoms in total. The lowest BCUT2D eigenvalue weighted by Gasteiger charge is -2.07. The van der Waals surface area contributed by atoms with Crippen LogP contribution < -0.4 is 4.74 Å². The molecule has 0 unspecified atom stereocenters. The van der Waals surface area contributed by atoms with E-state index in [1.165, 1.54) is 12.3 Å². The number of para-hydroxylation sites is 1. The molecular weight excluding hydrogens is 330 g/mol. The third-order valence-electron chi connectivity index (χ3n) is 3.41. The van der Waals surface area contributed by atoms with Gasteiger partial charge in [0.05, 0.1) is 15.9 Å². The largest absolute Gasteiger partial charge is 0.420 e. The average Bonchev–Trinajstić information content (AvgIpc) is 2.61. The maximum atomic E-state index is 12.3. The Morgan fingerprint density at radius 3 is 2.48 bits per heavy atom. The average molecular weight is 339 g/mol. The number of rotatable bonds is 4. The van der Waals surface area contributed by atoms with E-state index in [9.17, 15) is 25.0 Å². The van der Waals surface area contributed by atoms with Crippen LogP contribution in [0.1, 0.15) is 10.4 Å². The van der Waals surface area contributed by atoms with Crippen molar-refractivity contribution in [1.82, 2.24) is 4.98 Å². The number of esters is 1. The van der Waals surface area contributed by atoms with E-state index in [0.717, 1.165) is 23.6 Å². The Balaban J connectivity index is 2.01. The van der Waals surface area contributed by atoms with Crippen LogP contribution in [-0.2, 0) is 0 Å². The third-order valence-corrected chi connectivity index (χ3v) is 3.41. The van der Waals surface area contributed by atoms with E-state index >= 15 is 0 Å². The second kappa shape index (κ2) is 6.32. The van der Waals surface area contributed by atoms with Gasteiger partial charge in [-0.05, 0) is 18.2 Å². The normalized spacial score (nSPS) is 10.4. The van der Waals surface area contributed by atoms with E-state index in [4.69, 9.17) is 4.74 Å². The Labute approximate surface area is 139 Å². The fourth-order valence-electron chi connectivity index (χ4n) is 2.27. The first-order valence-corrected chi connectivity index (χ1v) is 6.96. The maximum Gasteiger partial charge on any atom is 0.350 e. The summed E-state index contributed by atoms with van der Waals surface area (Å²) in [6.45, 7) is 0. The molecule has 25 heavy (non-hydrogen) atoms. The summed E-state index contributed by atoms with van der Waals surface area (Å²) in [7, 11) is 0. The highest BCUT2D eigenvalue weighted by atomic mass is 16.6. The van der Waals surface area contributed by atoms with E-state index in [-0.39, 0.29) is 11.3 Å². The first-order chi connectivity index (χ1) is 12.0. The van der Waals surface area contributed by atoms with E-state index in [0.29, 0.717) is 5.52 Å². The van der Waals surface area contributed by atoms with Crippen LogP contribution in [0.2, 0.25) is 0 Å². The van der Waals surface area contributed by atoms with Crippen molar-refractivity contribution in [1.29, 1.82) is 0 Å². The van der Waals surface area contributed by atoms with E-state index in [1.54, 1.807) is 24.3 Å². The van der Waals surface area contributed by atoms with Gasteiger partial charge in [0.1, 0.15) is 11.1 Å². The predicted octanol–water partition coefficient (Wildman–Crippen LogP) is 3.27. The maximum absolute atomic E-state index is 12.3. The monoisotopic (exact) mass is 339 g/mol. The van der Waals surface area contributed by atoms with Crippen LogP contribution in [0.4, 0.5) is 11.4 Å². The van der Waals surface area contributed by atoms with Crippen molar-refractivity contribution in [3.05, 3.63) is 80.5 Å². The predicted molar refractivity (Wildman–Crippen MR) is 86.5 cm³/mol. The molecule has 3 aromatic rings. The minimum Gasteiger partial charge on any atom is -0.420 e. The molecule has 0 saturated heterocycles. The second-order valence-corrected chi connectivity index (χ2v) is 4.94. The van der Waals surface area contributed by atoms with Crippen molar-refractivity contribution in [3.63, 3.8) is 0 Å². The van der Waals surface area contributed by atoms with Crippen molar-refractivity contribution < 1.29 is 19.4 Å². The fourth-order valence-corrected chi connectivity index (χ4v) is 2.27. The molecule has 0 fully saturated rings. The Kier molecular flexibility index (Phi) is 4.04. The number of hydrogen-bond acceptors (Lipinski definition) is 7. The van der Waals surface area contributed by atoms with Crippen molar-refractivity contribution in [2.24, 2.45) is 0 Å². The number of carbonyl (C=O) groups is 1. The highest BCUT2D eigenvalue weighted by molar-refractivity contribution is 5.97. The van der Waals surface area contributed by atoms with Gasteiger partial charge in [0.15, 0.2) is 5.75 Å². The molecule has 0 aliphatic carbocycles. The standard InChI is InChI=1S/C16H9N3O6/c20-16(12-7-6-11(18(21)22)9-13(12)19(23)24)25-14-5-1-3-10-4-2-8-17-15(10)14/h1-9H. The van der Waals surface area contributed by atoms with Crippen LogP contribution in [0.15, 0.2) is 54.7 Å². The van der Waals surface area contributed by atoms with Gasteiger partial charge in [0.25, 0.3) is 11.4 Å². The molecule has 0 saturated carbocycles.